The maximum Gasteiger partial charge on any atom is 0.334 e. The van der Waals surface area contributed by atoms with Crippen LogP contribution in [-0.4, -0.2) is 38.5 Å². The molecular formula is C18H31N3O3. The molecule has 1 aromatic heterocycles. The van der Waals surface area contributed by atoms with E-state index in [1.165, 1.54) is 19.3 Å². The molecule has 0 radical (unpaired) electrons. The first-order valence-electron chi connectivity index (χ1n) is 8.96. The lowest BCUT2D eigenvalue weighted by molar-refractivity contribution is -0.148. The summed E-state index contributed by atoms with van der Waals surface area (Å²) in [5, 5.41) is 29.7. The average molecular weight is 337 g/mol. The van der Waals surface area contributed by atoms with Crippen molar-refractivity contribution in [2.75, 3.05) is 0 Å². The highest BCUT2D eigenvalue weighted by Gasteiger charge is 2.29. The van der Waals surface area contributed by atoms with Gasteiger partial charge in [0.15, 0.2) is 6.10 Å². The average Bonchev–Trinajstić information content (AvgIpc) is 3.00. The Hall–Kier alpha value is -1.40. The zero-order valence-corrected chi connectivity index (χ0v) is 15.0. The first-order valence-corrected chi connectivity index (χ1v) is 8.96. The van der Waals surface area contributed by atoms with Crippen LogP contribution in [0.2, 0.25) is 0 Å². The summed E-state index contributed by atoms with van der Waals surface area (Å²) >= 11 is 0. The molecule has 1 heterocycles. The van der Waals surface area contributed by atoms with E-state index in [4.69, 9.17) is 0 Å². The lowest BCUT2D eigenvalue weighted by Gasteiger charge is -2.29. The van der Waals surface area contributed by atoms with Crippen molar-refractivity contribution in [1.29, 1.82) is 0 Å². The molecule has 1 aromatic rings. The van der Waals surface area contributed by atoms with Crippen molar-refractivity contribution in [3.8, 4) is 0 Å². The van der Waals surface area contributed by atoms with E-state index >= 15 is 0 Å². The number of aliphatic carboxylic acids is 1. The van der Waals surface area contributed by atoms with Crippen LogP contribution in [0.3, 0.4) is 0 Å². The van der Waals surface area contributed by atoms with Crippen molar-refractivity contribution >= 4 is 5.97 Å². The van der Waals surface area contributed by atoms with E-state index in [9.17, 15) is 15.0 Å². The first kappa shape index (κ1) is 18.9. The molecule has 6 heteroatoms. The molecule has 2 atom stereocenters. The third-order valence-corrected chi connectivity index (χ3v) is 4.97. The number of H-pyrrole nitrogens is 1. The summed E-state index contributed by atoms with van der Waals surface area (Å²) in [5.41, 5.74) is 2.00. The molecule has 4 N–H and O–H groups in total. The standard InChI is InChI=1S/C18H31N3O3/c1-18(2,3)16-13(11-20-21-16)10-19-14(15(22)17(23)24)9-12-7-5-4-6-8-12/h11-12,14-15,19,22H,4-10H2,1-3H3,(H,20,21)(H,23,24). The molecule has 1 aliphatic carbocycles. The van der Waals surface area contributed by atoms with Gasteiger partial charge in [-0.15, -0.1) is 0 Å². The van der Waals surface area contributed by atoms with Gasteiger partial charge in [-0.25, -0.2) is 4.79 Å². The zero-order chi connectivity index (χ0) is 17.7. The minimum atomic E-state index is -1.38. The van der Waals surface area contributed by atoms with Crippen molar-refractivity contribution in [1.82, 2.24) is 15.5 Å². The SMILES string of the molecule is CC(C)(C)c1[nH]ncc1CNC(CC1CCCCC1)C(O)C(=O)O. The van der Waals surface area contributed by atoms with E-state index in [1.807, 2.05) is 0 Å². The summed E-state index contributed by atoms with van der Waals surface area (Å²) in [4.78, 5) is 11.3. The van der Waals surface area contributed by atoms with Crippen LogP contribution in [0.1, 0.15) is 70.6 Å². The Balaban J connectivity index is 2.02. The first-order chi connectivity index (χ1) is 11.3. The van der Waals surface area contributed by atoms with E-state index in [2.05, 4.69) is 36.3 Å². The molecule has 0 bridgehead atoms. The molecule has 0 amide bonds. The predicted octanol–water partition coefficient (Wildman–Crippen LogP) is 2.58. The number of carboxylic acid groups (broad SMARTS) is 1. The molecule has 0 aromatic carbocycles. The lowest BCUT2D eigenvalue weighted by atomic mass is 9.83. The van der Waals surface area contributed by atoms with Gasteiger partial charge in [-0.2, -0.15) is 5.10 Å². The second-order valence-electron chi connectivity index (χ2n) is 8.03. The highest BCUT2D eigenvalue weighted by molar-refractivity contribution is 5.72. The van der Waals surface area contributed by atoms with Gasteiger partial charge in [0.25, 0.3) is 0 Å². The molecule has 1 saturated carbocycles. The Kier molecular flexibility index (Phi) is 6.40. The molecule has 1 aliphatic rings. The monoisotopic (exact) mass is 337 g/mol. The summed E-state index contributed by atoms with van der Waals surface area (Å²) in [6.45, 7) is 6.83. The molecule has 24 heavy (non-hydrogen) atoms. The van der Waals surface area contributed by atoms with Crippen LogP contribution < -0.4 is 5.32 Å². The summed E-state index contributed by atoms with van der Waals surface area (Å²) in [7, 11) is 0. The normalized spacial score (nSPS) is 19.2. The zero-order valence-electron chi connectivity index (χ0n) is 15.0. The molecule has 0 saturated heterocycles. The highest BCUT2D eigenvalue weighted by atomic mass is 16.4. The summed E-state index contributed by atoms with van der Waals surface area (Å²) in [6.07, 6.45) is 7.03. The molecule has 2 unspecified atom stereocenters. The van der Waals surface area contributed by atoms with Gasteiger partial charge < -0.3 is 15.5 Å². The number of hydrogen-bond acceptors (Lipinski definition) is 4. The van der Waals surface area contributed by atoms with Crippen LogP contribution in [-0.2, 0) is 16.8 Å². The molecule has 6 nitrogen and oxygen atoms in total. The van der Waals surface area contributed by atoms with Crippen LogP contribution in [0.15, 0.2) is 6.20 Å². The molecule has 0 spiro atoms. The Bertz CT molecular complexity index is 530. The van der Waals surface area contributed by atoms with E-state index in [0.717, 1.165) is 24.1 Å². The molecule has 1 fully saturated rings. The molecule has 2 rings (SSSR count). The van der Waals surface area contributed by atoms with E-state index in [0.29, 0.717) is 18.9 Å². The summed E-state index contributed by atoms with van der Waals surface area (Å²) in [6, 6.07) is -0.437. The fraction of sp³-hybridized carbons (Fsp3) is 0.778. The van der Waals surface area contributed by atoms with Gasteiger partial charge in [-0.3, -0.25) is 5.10 Å². The van der Waals surface area contributed by atoms with Gasteiger partial charge in [-0.05, 0) is 12.3 Å². The minimum absolute atomic E-state index is 0.0577. The lowest BCUT2D eigenvalue weighted by Crippen LogP contribution is -2.45. The van der Waals surface area contributed by atoms with Crippen LogP contribution in [0.5, 0.6) is 0 Å². The number of nitrogens with zero attached hydrogens (tertiary/aromatic N) is 1. The minimum Gasteiger partial charge on any atom is -0.479 e. The third-order valence-electron chi connectivity index (χ3n) is 4.97. The van der Waals surface area contributed by atoms with Gasteiger partial charge >= 0.3 is 5.97 Å². The van der Waals surface area contributed by atoms with Gasteiger partial charge in [0.05, 0.1) is 6.20 Å². The van der Waals surface area contributed by atoms with Gasteiger partial charge in [-0.1, -0.05) is 52.9 Å². The van der Waals surface area contributed by atoms with E-state index in [-0.39, 0.29) is 5.41 Å². The summed E-state index contributed by atoms with van der Waals surface area (Å²) < 4.78 is 0. The Labute approximate surface area is 144 Å². The van der Waals surface area contributed by atoms with Crippen LogP contribution in [0.25, 0.3) is 0 Å². The maximum absolute atomic E-state index is 11.3. The van der Waals surface area contributed by atoms with Crippen molar-refractivity contribution in [3.63, 3.8) is 0 Å². The second-order valence-corrected chi connectivity index (χ2v) is 8.03. The van der Waals surface area contributed by atoms with E-state index < -0.39 is 18.1 Å². The molecular weight excluding hydrogens is 306 g/mol. The number of aliphatic hydroxyl groups is 1. The molecule has 136 valence electrons. The quantitative estimate of drug-likeness (QED) is 0.613. The number of aliphatic hydroxyl groups excluding tert-OH is 1. The number of nitrogens with one attached hydrogen (secondary N) is 2. The Morgan fingerprint density at radius 3 is 2.62 bits per heavy atom. The number of hydrogen-bond donors (Lipinski definition) is 4. The number of aromatic amines is 1. The van der Waals surface area contributed by atoms with Crippen molar-refractivity contribution in [2.24, 2.45) is 5.92 Å². The van der Waals surface area contributed by atoms with E-state index in [1.54, 1.807) is 6.20 Å². The number of carboxylic acids is 1. The predicted molar refractivity (Wildman–Crippen MR) is 92.8 cm³/mol. The van der Waals surface area contributed by atoms with Crippen molar-refractivity contribution in [2.45, 2.75) is 83.4 Å². The van der Waals surface area contributed by atoms with Crippen LogP contribution in [0.4, 0.5) is 0 Å². The molecule has 0 aliphatic heterocycles. The number of aromatic nitrogens is 2. The smallest absolute Gasteiger partial charge is 0.334 e. The van der Waals surface area contributed by atoms with Crippen LogP contribution in [0, 0.1) is 5.92 Å². The number of rotatable bonds is 7. The van der Waals surface area contributed by atoms with Gasteiger partial charge in [0, 0.05) is 29.3 Å². The Morgan fingerprint density at radius 1 is 1.38 bits per heavy atom. The Morgan fingerprint density at radius 2 is 2.04 bits per heavy atom. The number of carbonyl (C=O) groups is 1. The van der Waals surface area contributed by atoms with Crippen LogP contribution >= 0.6 is 0 Å². The van der Waals surface area contributed by atoms with Gasteiger partial charge in [0.1, 0.15) is 0 Å². The van der Waals surface area contributed by atoms with Crippen molar-refractivity contribution < 1.29 is 15.0 Å². The fourth-order valence-corrected chi connectivity index (χ4v) is 3.61. The van der Waals surface area contributed by atoms with Crippen molar-refractivity contribution in [3.05, 3.63) is 17.5 Å². The summed E-state index contributed by atoms with van der Waals surface area (Å²) in [5.74, 6) is -0.664. The fourth-order valence-electron chi connectivity index (χ4n) is 3.61. The second kappa shape index (κ2) is 8.12. The maximum atomic E-state index is 11.3. The van der Waals surface area contributed by atoms with Gasteiger partial charge in [0.2, 0.25) is 0 Å². The topological polar surface area (TPSA) is 98.2 Å². The third kappa shape index (κ3) is 5.05. The largest absolute Gasteiger partial charge is 0.479 e. The highest BCUT2D eigenvalue weighted by Crippen LogP contribution is 2.28.